The Morgan fingerprint density at radius 2 is 1.52 bits per heavy atom. The van der Waals surface area contributed by atoms with Crippen LogP contribution in [0.2, 0.25) is 0 Å². The summed E-state index contributed by atoms with van der Waals surface area (Å²) in [7, 11) is 0. The summed E-state index contributed by atoms with van der Waals surface area (Å²) in [6, 6.07) is 6.87. The van der Waals surface area contributed by atoms with Crippen LogP contribution in [-0.2, 0) is 30.3 Å². The van der Waals surface area contributed by atoms with Crippen LogP contribution in [0.3, 0.4) is 0 Å². The second kappa shape index (κ2) is 16.8. The number of amides is 2. The molecule has 1 heterocycles. The van der Waals surface area contributed by atoms with Gasteiger partial charge in [-0.3, -0.25) is 0 Å². The first-order valence-corrected chi connectivity index (χ1v) is 13.8. The van der Waals surface area contributed by atoms with Crippen molar-refractivity contribution in [2.45, 2.75) is 50.9 Å². The molecule has 1 aromatic rings. The van der Waals surface area contributed by atoms with Crippen molar-refractivity contribution in [2.24, 2.45) is 0 Å². The number of carbonyl (C=O) groups is 2. The molecule has 228 valence electrons. The van der Waals surface area contributed by atoms with E-state index in [1.54, 1.807) is 0 Å². The predicted octanol–water partition coefficient (Wildman–Crippen LogP) is 2.59. The van der Waals surface area contributed by atoms with Crippen LogP contribution in [0.4, 0.5) is 9.59 Å². The highest BCUT2D eigenvalue weighted by Crippen LogP contribution is 2.27. The number of alkyl carbamates (subject to hydrolysis) is 2. The van der Waals surface area contributed by atoms with Crippen LogP contribution in [-0.4, -0.2) is 105 Å². The van der Waals surface area contributed by atoms with Gasteiger partial charge in [-0.25, -0.2) is 9.59 Å². The van der Waals surface area contributed by atoms with E-state index in [1.807, 2.05) is 30.3 Å². The van der Waals surface area contributed by atoms with Gasteiger partial charge < -0.3 is 49.6 Å². The maximum Gasteiger partial charge on any atom is 0.407 e. The molecule has 1 fully saturated rings. The standard InChI is InChI=1S/C22H28Cl6N2O10/c23-21(24,25)10-38-19(34)29-13(8-36-7-12-4-2-1-3-5-12)9-37-18-15(17(33)16(32)14(6-31)40-18)30-20(35)39-11-22(26,27)28/h1-5,13-18,31-33H,6-11H2,(H,29,34)(H,30,35)/t13?,14?,15?,16-,17-,18-/m1/s1. The Hall–Kier alpha value is -0.740. The fourth-order valence-corrected chi connectivity index (χ4v) is 3.62. The van der Waals surface area contributed by atoms with Gasteiger partial charge in [0.25, 0.3) is 0 Å². The lowest BCUT2D eigenvalue weighted by atomic mass is 9.97. The third kappa shape index (κ3) is 13.5. The monoisotopic (exact) mass is 690 g/mol. The molecule has 18 heteroatoms. The van der Waals surface area contributed by atoms with E-state index in [1.165, 1.54) is 0 Å². The highest BCUT2D eigenvalue weighted by atomic mass is 35.6. The Balaban J connectivity index is 2.09. The third-order valence-electron chi connectivity index (χ3n) is 5.11. The zero-order chi connectivity index (χ0) is 29.9. The minimum atomic E-state index is -1.90. The maximum atomic E-state index is 12.3. The Morgan fingerprint density at radius 1 is 0.925 bits per heavy atom. The van der Waals surface area contributed by atoms with Gasteiger partial charge in [-0.1, -0.05) is 99.9 Å². The lowest BCUT2D eigenvalue weighted by molar-refractivity contribution is -0.271. The van der Waals surface area contributed by atoms with Gasteiger partial charge in [-0.2, -0.15) is 0 Å². The maximum absolute atomic E-state index is 12.3. The van der Waals surface area contributed by atoms with E-state index in [-0.39, 0.29) is 19.8 Å². The fourth-order valence-electron chi connectivity index (χ4n) is 3.29. The van der Waals surface area contributed by atoms with E-state index < -0.39 is 76.3 Å². The zero-order valence-corrected chi connectivity index (χ0v) is 25.1. The van der Waals surface area contributed by atoms with E-state index in [2.05, 4.69) is 10.6 Å². The molecule has 0 aromatic heterocycles. The van der Waals surface area contributed by atoms with Crippen LogP contribution in [0.15, 0.2) is 30.3 Å². The van der Waals surface area contributed by atoms with Crippen molar-refractivity contribution in [2.75, 3.05) is 33.0 Å². The van der Waals surface area contributed by atoms with Gasteiger partial charge in [0.15, 0.2) is 6.29 Å². The van der Waals surface area contributed by atoms with Gasteiger partial charge in [0.05, 0.1) is 32.5 Å². The second-order valence-corrected chi connectivity index (χ2v) is 13.5. The molecule has 0 aliphatic carbocycles. The number of rotatable bonds is 12. The van der Waals surface area contributed by atoms with E-state index >= 15 is 0 Å². The summed E-state index contributed by atoms with van der Waals surface area (Å²) in [5.41, 5.74) is 0.858. The molecule has 0 radical (unpaired) electrons. The predicted molar refractivity (Wildman–Crippen MR) is 147 cm³/mol. The summed E-state index contributed by atoms with van der Waals surface area (Å²) >= 11 is 33.6. The van der Waals surface area contributed by atoms with E-state index in [9.17, 15) is 24.9 Å². The van der Waals surface area contributed by atoms with Crippen molar-refractivity contribution in [1.29, 1.82) is 0 Å². The normalized spacial score (nSPS) is 24.2. The molecule has 1 aliphatic rings. The minimum absolute atomic E-state index is 0.0948. The van der Waals surface area contributed by atoms with Gasteiger partial charge >= 0.3 is 12.2 Å². The van der Waals surface area contributed by atoms with Crippen LogP contribution in [0.25, 0.3) is 0 Å². The van der Waals surface area contributed by atoms with Crippen molar-refractivity contribution in [1.82, 2.24) is 10.6 Å². The molecular formula is C22H28Cl6N2O10. The Kier molecular flexibility index (Phi) is 14.9. The summed E-state index contributed by atoms with van der Waals surface area (Å²) in [6.07, 6.45) is -8.09. The molecule has 12 nitrogen and oxygen atoms in total. The van der Waals surface area contributed by atoms with Crippen LogP contribution >= 0.6 is 69.6 Å². The number of halogens is 6. The van der Waals surface area contributed by atoms with Crippen molar-refractivity contribution < 1.29 is 48.6 Å². The number of nitrogens with one attached hydrogen (secondary N) is 2. The summed E-state index contributed by atoms with van der Waals surface area (Å²) in [5.74, 6) is 0. The highest BCUT2D eigenvalue weighted by molar-refractivity contribution is 6.68. The topological polar surface area (TPSA) is 165 Å². The molecule has 1 aliphatic heterocycles. The van der Waals surface area contributed by atoms with Crippen molar-refractivity contribution in [3.63, 3.8) is 0 Å². The molecule has 5 N–H and O–H groups in total. The molecule has 3 unspecified atom stereocenters. The average Bonchev–Trinajstić information content (AvgIpc) is 2.88. The molecule has 0 saturated carbocycles. The van der Waals surface area contributed by atoms with Gasteiger partial charge in [0.2, 0.25) is 7.59 Å². The van der Waals surface area contributed by atoms with Crippen LogP contribution < -0.4 is 10.6 Å². The molecule has 2 rings (SSSR count). The summed E-state index contributed by atoms with van der Waals surface area (Å²) in [5, 5.41) is 35.2. The van der Waals surface area contributed by atoms with Crippen molar-refractivity contribution in [3.05, 3.63) is 35.9 Å². The third-order valence-corrected chi connectivity index (χ3v) is 5.77. The van der Waals surface area contributed by atoms with Crippen LogP contribution in [0, 0.1) is 0 Å². The smallest absolute Gasteiger partial charge is 0.407 e. The molecule has 1 aromatic carbocycles. The lowest BCUT2D eigenvalue weighted by Gasteiger charge is -2.42. The van der Waals surface area contributed by atoms with Gasteiger partial charge in [-0.15, -0.1) is 0 Å². The molecule has 40 heavy (non-hydrogen) atoms. The number of hydrogen-bond acceptors (Lipinski definition) is 10. The number of ether oxygens (including phenoxy) is 5. The molecular weight excluding hydrogens is 665 g/mol. The molecule has 6 atom stereocenters. The zero-order valence-electron chi connectivity index (χ0n) is 20.6. The first kappa shape index (κ1) is 35.5. The van der Waals surface area contributed by atoms with Crippen LogP contribution in [0.1, 0.15) is 5.56 Å². The Bertz CT molecular complexity index is 924. The number of benzene rings is 1. The summed E-state index contributed by atoms with van der Waals surface area (Å²) < 4.78 is 22.9. The van der Waals surface area contributed by atoms with Crippen molar-refractivity contribution >= 4 is 81.8 Å². The number of aliphatic hydroxyl groups is 3. The first-order valence-electron chi connectivity index (χ1n) is 11.5. The number of hydrogen-bond donors (Lipinski definition) is 5. The highest BCUT2D eigenvalue weighted by Gasteiger charge is 2.46. The average molecular weight is 693 g/mol. The first-order chi connectivity index (χ1) is 18.7. The number of alkyl halides is 6. The SMILES string of the molecule is O=C(NC(COCc1ccccc1)CO[C@@H]1OC(CO)[C@@H](O)[C@H](O)C1NC(=O)OCC(Cl)(Cl)Cl)OCC(Cl)(Cl)Cl. The number of aliphatic hydroxyl groups excluding tert-OH is 3. The summed E-state index contributed by atoms with van der Waals surface area (Å²) in [6.45, 7) is -2.08. The molecule has 0 spiro atoms. The summed E-state index contributed by atoms with van der Waals surface area (Å²) in [4.78, 5) is 24.5. The minimum Gasteiger partial charge on any atom is -0.445 e. The second-order valence-electron chi connectivity index (χ2n) is 8.43. The quantitative estimate of drug-likeness (QED) is 0.206. The molecule has 0 bridgehead atoms. The van der Waals surface area contributed by atoms with Crippen molar-refractivity contribution in [3.8, 4) is 0 Å². The van der Waals surface area contributed by atoms with E-state index in [0.29, 0.717) is 0 Å². The molecule has 2 amide bonds. The molecule has 1 saturated heterocycles. The van der Waals surface area contributed by atoms with E-state index in [4.69, 9.17) is 93.3 Å². The van der Waals surface area contributed by atoms with Crippen LogP contribution in [0.5, 0.6) is 0 Å². The Labute approximate surface area is 259 Å². The largest absolute Gasteiger partial charge is 0.445 e. The fraction of sp³-hybridized carbons (Fsp3) is 0.636. The number of carbonyl (C=O) groups excluding carboxylic acids is 2. The van der Waals surface area contributed by atoms with Gasteiger partial charge in [0.1, 0.15) is 37.6 Å². The lowest BCUT2D eigenvalue weighted by Crippen LogP contribution is -2.65. The van der Waals surface area contributed by atoms with Gasteiger partial charge in [0, 0.05) is 0 Å². The van der Waals surface area contributed by atoms with E-state index in [0.717, 1.165) is 5.56 Å². The van der Waals surface area contributed by atoms with Gasteiger partial charge in [-0.05, 0) is 5.56 Å². The Morgan fingerprint density at radius 3 is 2.10 bits per heavy atom.